The van der Waals surface area contributed by atoms with Crippen LogP contribution in [0.3, 0.4) is 0 Å². The number of oxime groups is 1. The molecule has 1 aromatic carbocycles. The zero-order chi connectivity index (χ0) is 17.6. The molecule has 0 N–H and O–H groups in total. The fraction of sp³-hybridized carbons (Fsp3) is 0.500. The number of ether oxygens (including phenoxy) is 2. The van der Waals surface area contributed by atoms with Gasteiger partial charge in [-0.05, 0) is 31.0 Å². The van der Waals surface area contributed by atoms with Gasteiger partial charge in [0.2, 0.25) is 0 Å². The van der Waals surface area contributed by atoms with Crippen molar-refractivity contribution in [3.63, 3.8) is 0 Å². The Hall–Kier alpha value is -2.27. The quantitative estimate of drug-likeness (QED) is 0.576. The predicted molar refractivity (Wildman–Crippen MR) is 88.6 cm³/mol. The summed E-state index contributed by atoms with van der Waals surface area (Å²) in [5.74, 6) is 0.905. The molecule has 1 aliphatic rings. The molecule has 0 bridgehead atoms. The fourth-order valence-electron chi connectivity index (χ4n) is 2.63. The van der Waals surface area contributed by atoms with Crippen LogP contribution in [0, 0.1) is 11.3 Å². The van der Waals surface area contributed by atoms with Gasteiger partial charge in [-0.1, -0.05) is 24.4 Å². The van der Waals surface area contributed by atoms with Crippen molar-refractivity contribution >= 4 is 15.8 Å². The maximum Gasteiger partial charge on any atom is 0.331 e. The molecule has 24 heavy (non-hydrogen) atoms. The van der Waals surface area contributed by atoms with Crippen molar-refractivity contribution in [3.05, 3.63) is 23.8 Å². The molecule has 2 rings (SSSR count). The van der Waals surface area contributed by atoms with Crippen LogP contribution in [-0.2, 0) is 14.4 Å². The highest BCUT2D eigenvalue weighted by atomic mass is 32.2. The third-order valence-corrected chi connectivity index (χ3v) is 5.53. The Bertz CT molecular complexity index is 746. The fourth-order valence-corrected chi connectivity index (χ4v) is 3.84. The molecule has 0 heterocycles. The first-order valence-electron chi connectivity index (χ1n) is 7.64. The molecule has 1 fully saturated rings. The van der Waals surface area contributed by atoms with Crippen molar-refractivity contribution in [1.82, 2.24) is 0 Å². The Morgan fingerprint density at radius 2 is 1.83 bits per heavy atom. The first-order valence-corrected chi connectivity index (χ1v) is 9.12. The maximum absolute atomic E-state index is 12.2. The zero-order valence-corrected chi connectivity index (χ0v) is 14.5. The lowest BCUT2D eigenvalue weighted by Gasteiger charge is -2.19. The first-order chi connectivity index (χ1) is 11.5. The Labute approximate surface area is 141 Å². The van der Waals surface area contributed by atoms with Crippen molar-refractivity contribution < 1.29 is 22.2 Å². The summed E-state index contributed by atoms with van der Waals surface area (Å²) in [6.07, 6.45) is 3.88. The van der Waals surface area contributed by atoms with Gasteiger partial charge in [0.05, 0.1) is 19.5 Å². The lowest BCUT2D eigenvalue weighted by Crippen LogP contribution is -2.25. The summed E-state index contributed by atoms with van der Waals surface area (Å²) in [7, 11) is -0.856. The van der Waals surface area contributed by atoms with Gasteiger partial charge in [0.1, 0.15) is 6.07 Å². The minimum Gasteiger partial charge on any atom is -0.493 e. The second kappa shape index (κ2) is 8.02. The number of nitrogens with zero attached hydrogens (tertiary/aromatic N) is 2. The Balaban J connectivity index is 2.22. The minimum atomic E-state index is -3.82. The van der Waals surface area contributed by atoms with Gasteiger partial charge < -0.3 is 9.47 Å². The third-order valence-electron chi connectivity index (χ3n) is 3.96. The van der Waals surface area contributed by atoms with E-state index in [2.05, 4.69) is 5.16 Å². The summed E-state index contributed by atoms with van der Waals surface area (Å²) >= 11 is 0. The van der Waals surface area contributed by atoms with Crippen molar-refractivity contribution in [3.8, 4) is 17.6 Å². The summed E-state index contributed by atoms with van der Waals surface area (Å²) in [6, 6.07) is 6.58. The summed E-state index contributed by atoms with van der Waals surface area (Å²) in [5, 5.41) is 12.3. The molecule has 1 aromatic rings. The molecule has 0 radical (unpaired) electrons. The monoisotopic (exact) mass is 352 g/mol. The molecule has 0 atom stereocenters. The molecule has 130 valence electrons. The highest BCUT2D eigenvalue weighted by Crippen LogP contribution is 2.28. The van der Waals surface area contributed by atoms with Gasteiger partial charge in [0.15, 0.2) is 17.2 Å². The van der Waals surface area contributed by atoms with E-state index in [1.54, 1.807) is 12.1 Å². The van der Waals surface area contributed by atoms with Crippen LogP contribution >= 0.6 is 0 Å². The molecular weight excluding hydrogens is 332 g/mol. The van der Waals surface area contributed by atoms with Crippen LogP contribution in [0.15, 0.2) is 23.4 Å². The van der Waals surface area contributed by atoms with E-state index in [4.69, 9.17) is 13.8 Å². The third kappa shape index (κ3) is 4.17. The summed E-state index contributed by atoms with van der Waals surface area (Å²) in [6.45, 7) is 0. The van der Waals surface area contributed by atoms with E-state index in [1.165, 1.54) is 20.3 Å². The molecule has 0 spiro atoms. The minimum absolute atomic E-state index is 0.143. The summed E-state index contributed by atoms with van der Waals surface area (Å²) in [5.41, 5.74) is 0.240. The average Bonchev–Trinajstić information content (AvgIpc) is 2.62. The van der Waals surface area contributed by atoms with Crippen LogP contribution in [0.25, 0.3) is 0 Å². The average molecular weight is 352 g/mol. The van der Waals surface area contributed by atoms with E-state index in [0.29, 0.717) is 29.9 Å². The van der Waals surface area contributed by atoms with E-state index in [1.807, 2.05) is 6.07 Å². The lowest BCUT2D eigenvalue weighted by molar-refractivity contribution is 0.321. The van der Waals surface area contributed by atoms with Gasteiger partial charge in [-0.15, -0.1) is 0 Å². The predicted octanol–water partition coefficient (Wildman–Crippen LogP) is 2.61. The molecule has 0 amide bonds. The van der Waals surface area contributed by atoms with Gasteiger partial charge in [-0.2, -0.15) is 13.7 Å². The Kier molecular flexibility index (Phi) is 6.04. The van der Waals surface area contributed by atoms with E-state index >= 15 is 0 Å². The Morgan fingerprint density at radius 3 is 2.42 bits per heavy atom. The lowest BCUT2D eigenvalue weighted by atomic mass is 10.0. The van der Waals surface area contributed by atoms with E-state index < -0.39 is 15.4 Å². The summed E-state index contributed by atoms with van der Waals surface area (Å²) < 4.78 is 39.4. The number of methoxy groups -OCH3 is 2. The molecular formula is C16H20N2O5S. The van der Waals surface area contributed by atoms with Gasteiger partial charge >= 0.3 is 10.1 Å². The number of hydrogen-bond donors (Lipinski definition) is 0. The molecule has 0 saturated heterocycles. The highest BCUT2D eigenvalue weighted by Gasteiger charge is 2.29. The number of nitriles is 1. The Morgan fingerprint density at radius 1 is 1.17 bits per heavy atom. The standard InChI is InChI=1S/C16H20N2O5S/c1-21-15-9-8-12(10-16(15)22-2)14(11-17)18-23-24(19,20)13-6-4-3-5-7-13/h8-10,13H,3-7H2,1-2H3/b18-14+. The molecule has 0 aliphatic heterocycles. The van der Waals surface area contributed by atoms with Crippen molar-refractivity contribution in [2.24, 2.45) is 5.16 Å². The first kappa shape index (κ1) is 18.1. The molecule has 1 saturated carbocycles. The molecule has 0 unspecified atom stereocenters. The van der Waals surface area contributed by atoms with Crippen LogP contribution < -0.4 is 9.47 Å². The highest BCUT2D eigenvalue weighted by molar-refractivity contribution is 7.87. The van der Waals surface area contributed by atoms with E-state index in [0.717, 1.165) is 19.3 Å². The van der Waals surface area contributed by atoms with Crippen molar-refractivity contribution in [2.75, 3.05) is 14.2 Å². The number of benzene rings is 1. The largest absolute Gasteiger partial charge is 0.493 e. The van der Waals surface area contributed by atoms with Crippen LogP contribution in [0.4, 0.5) is 0 Å². The van der Waals surface area contributed by atoms with E-state index in [9.17, 15) is 13.7 Å². The van der Waals surface area contributed by atoms with Gasteiger partial charge in [0, 0.05) is 5.56 Å². The molecule has 1 aliphatic carbocycles. The smallest absolute Gasteiger partial charge is 0.331 e. The normalized spacial score (nSPS) is 16.3. The molecule has 0 aromatic heterocycles. The maximum atomic E-state index is 12.2. The van der Waals surface area contributed by atoms with Gasteiger partial charge in [0.25, 0.3) is 0 Å². The molecule has 7 nitrogen and oxygen atoms in total. The zero-order valence-electron chi connectivity index (χ0n) is 13.7. The van der Waals surface area contributed by atoms with Gasteiger partial charge in [-0.25, -0.2) is 0 Å². The molecule has 8 heteroatoms. The topological polar surface area (TPSA) is 98.0 Å². The van der Waals surface area contributed by atoms with Gasteiger partial charge in [-0.3, -0.25) is 4.28 Å². The second-order valence-electron chi connectivity index (χ2n) is 5.45. The second-order valence-corrected chi connectivity index (χ2v) is 7.25. The number of rotatable bonds is 6. The SMILES string of the molecule is COc1ccc(/C(C#N)=N/OS(=O)(=O)C2CCCCC2)cc1OC. The van der Waals surface area contributed by atoms with Crippen LogP contribution in [0.2, 0.25) is 0 Å². The van der Waals surface area contributed by atoms with Crippen LogP contribution in [0.5, 0.6) is 11.5 Å². The van der Waals surface area contributed by atoms with Crippen molar-refractivity contribution in [2.45, 2.75) is 37.4 Å². The van der Waals surface area contributed by atoms with Crippen LogP contribution in [0.1, 0.15) is 37.7 Å². The van der Waals surface area contributed by atoms with Crippen LogP contribution in [-0.4, -0.2) is 33.6 Å². The van der Waals surface area contributed by atoms with E-state index in [-0.39, 0.29) is 5.71 Å². The summed E-state index contributed by atoms with van der Waals surface area (Å²) in [4.78, 5) is 0. The van der Waals surface area contributed by atoms with Crippen molar-refractivity contribution in [1.29, 1.82) is 5.26 Å². The number of hydrogen-bond acceptors (Lipinski definition) is 7.